The first-order valence-electron chi connectivity index (χ1n) is 16.6. The van der Waals surface area contributed by atoms with E-state index >= 15 is 0 Å². The van der Waals surface area contributed by atoms with E-state index in [1.165, 1.54) is 25.5 Å². The zero-order valence-corrected chi connectivity index (χ0v) is 27.5. The highest BCUT2D eigenvalue weighted by Gasteiger charge is 2.72. The molecular weight excluding hydrogens is 510 g/mol. The van der Waals surface area contributed by atoms with E-state index in [1.807, 2.05) is 13.8 Å². The maximum atomic E-state index is 14.4. The number of carbonyl (C=O) groups excluding carboxylic acids is 3. The second-order valence-electron chi connectivity index (χ2n) is 16.7. The average Bonchev–Trinajstić information content (AvgIpc) is 3.30. The number of rotatable bonds is 5. The number of fused-ring (bicyclic) bond motifs is 7. The van der Waals surface area contributed by atoms with Gasteiger partial charge >= 0.3 is 5.97 Å². The minimum absolute atomic E-state index is 0.0367. The first-order valence-corrected chi connectivity index (χ1v) is 16.6. The number of ether oxygens (including phenoxy) is 1. The second kappa shape index (κ2) is 9.94. The number of hydrogen-bond donors (Lipinski definition) is 1. The summed E-state index contributed by atoms with van der Waals surface area (Å²) in [6, 6.07) is -0.624. The van der Waals surface area contributed by atoms with Crippen molar-refractivity contribution in [2.45, 2.75) is 126 Å². The van der Waals surface area contributed by atoms with E-state index in [4.69, 9.17) is 4.74 Å². The minimum Gasteiger partial charge on any atom is -0.467 e. The largest absolute Gasteiger partial charge is 0.467 e. The highest BCUT2D eigenvalue weighted by Crippen LogP contribution is 2.77. The standard InChI is InChI=1S/C36H57NO4/c1-21(2)23-13-18-36(31(40)37-29(22(3)4)30(39)41-10)20-19-34(8)24(28(23)36)11-12-26-33(7)16-15-27(38)32(5,6)25(33)14-17-35(26,34)9/h22-26,28-29H,1,11-20H2,2-10H3,(H,37,40)/t23-,24+,25-,26+,28+,29-,33-,34-,35+,36-/m0/s1. The predicted molar refractivity (Wildman–Crippen MR) is 163 cm³/mol. The molecule has 0 spiro atoms. The Hall–Kier alpha value is -1.65. The van der Waals surface area contributed by atoms with E-state index in [-0.39, 0.29) is 45.4 Å². The summed E-state index contributed by atoms with van der Waals surface area (Å²) in [5.74, 6) is 2.19. The van der Waals surface area contributed by atoms with Gasteiger partial charge in [0.15, 0.2) is 0 Å². The van der Waals surface area contributed by atoms with Gasteiger partial charge in [-0.15, -0.1) is 0 Å². The molecule has 230 valence electrons. The van der Waals surface area contributed by atoms with Crippen molar-refractivity contribution in [3.8, 4) is 0 Å². The maximum absolute atomic E-state index is 14.4. The van der Waals surface area contributed by atoms with E-state index in [1.54, 1.807) is 0 Å². The maximum Gasteiger partial charge on any atom is 0.328 e. The lowest BCUT2D eigenvalue weighted by molar-refractivity contribution is -0.233. The summed E-state index contributed by atoms with van der Waals surface area (Å²) in [6.45, 7) is 22.7. The highest BCUT2D eigenvalue weighted by molar-refractivity contribution is 5.89. The van der Waals surface area contributed by atoms with E-state index < -0.39 is 11.5 Å². The van der Waals surface area contributed by atoms with E-state index in [9.17, 15) is 14.4 Å². The summed E-state index contributed by atoms with van der Waals surface area (Å²) in [5.41, 5.74) is 0.987. The number of methoxy groups -OCH3 is 1. The third-order valence-corrected chi connectivity index (χ3v) is 14.7. The molecule has 1 N–H and O–H groups in total. The molecule has 10 atom stereocenters. The van der Waals surface area contributed by atoms with Crippen LogP contribution in [0.15, 0.2) is 12.2 Å². The van der Waals surface area contributed by atoms with Crippen molar-refractivity contribution in [2.24, 2.45) is 62.6 Å². The molecular formula is C36H57NO4. The van der Waals surface area contributed by atoms with Crippen molar-refractivity contribution in [1.29, 1.82) is 0 Å². The van der Waals surface area contributed by atoms with Crippen LogP contribution in [0.1, 0.15) is 120 Å². The molecule has 41 heavy (non-hydrogen) atoms. The molecule has 5 rings (SSSR count). The quantitative estimate of drug-likeness (QED) is 0.275. The summed E-state index contributed by atoms with van der Waals surface area (Å²) in [4.78, 5) is 40.1. The van der Waals surface area contributed by atoms with Gasteiger partial charge in [0.2, 0.25) is 5.91 Å². The lowest BCUT2D eigenvalue weighted by Crippen LogP contribution is -2.67. The third kappa shape index (κ3) is 4.09. The van der Waals surface area contributed by atoms with Gasteiger partial charge in [-0.3, -0.25) is 9.59 Å². The number of nitrogens with one attached hydrogen (secondary N) is 1. The monoisotopic (exact) mass is 567 g/mol. The Morgan fingerprint density at radius 3 is 2.20 bits per heavy atom. The summed E-state index contributed by atoms with van der Waals surface area (Å²) in [5, 5.41) is 3.21. The van der Waals surface area contributed by atoms with Crippen molar-refractivity contribution in [1.82, 2.24) is 5.32 Å². The number of allylic oxidation sites excluding steroid dienone is 1. The SMILES string of the molecule is C=C(C)[C@@H]1CC[C@]2(C(=O)N[C@H](C(=O)OC)C(C)C)CC[C@@]3(C)[C@H](CC[C@@H]4[C@@]5(C)CCC(=O)C(C)(C)[C@@H]5CC[C@]43C)[C@@H]12. The molecule has 0 radical (unpaired) electrons. The van der Waals surface area contributed by atoms with E-state index in [0.29, 0.717) is 35.9 Å². The number of carbonyl (C=O) groups is 3. The normalized spacial score (nSPS) is 45.5. The second-order valence-corrected chi connectivity index (χ2v) is 16.7. The zero-order chi connectivity index (χ0) is 30.3. The number of Topliss-reactive ketones (excluding diaryl/α,β-unsaturated/α-hetero) is 1. The Morgan fingerprint density at radius 2 is 1.59 bits per heavy atom. The molecule has 0 unspecified atom stereocenters. The van der Waals surface area contributed by atoms with Gasteiger partial charge in [0.25, 0.3) is 0 Å². The minimum atomic E-state index is -0.624. The van der Waals surface area contributed by atoms with Crippen LogP contribution in [-0.4, -0.2) is 30.8 Å². The molecule has 0 aromatic heterocycles. The molecule has 0 aromatic rings. The number of esters is 1. The molecule has 0 aliphatic heterocycles. The van der Waals surface area contributed by atoms with Crippen LogP contribution in [0, 0.1) is 62.6 Å². The van der Waals surface area contributed by atoms with Crippen LogP contribution in [0.4, 0.5) is 0 Å². The smallest absolute Gasteiger partial charge is 0.328 e. The van der Waals surface area contributed by atoms with Gasteiger partial charge in [0, 0.05) is 11.8 Å². The van der Waals surface area contributed by atoms with Crippen molar-refractivity contribution in [3.63, 3.8) is 0 Å². The fourth-order valence-corrected chi connectivity index (χ4v) is 12.2. The summed E-state index contributed by atoms with van der Waals surface area (Å²) >= 11 is 0. The fraction of sp³-hybridized carbons (Fsp3) is 0.861. The Bertz CT molecular complexity index is 1120. The molecule has 0 bridgehead atoms. The molecule has 5 saturated carbocycles. The average molecular weight is 568 g/mol. The molecule has 5 aliphatic carbocycles. The van der Waals surface area contributed by atoms with Gasteiger partial charge in [-0.25, -0.2) is 4.79 Å². The molecule has 0 heterocycles. The lowest BCUT2D eigenvalue weighted by Gasteiger charge is -2.72. The molecule has 5 heteroatoms. The Balaban J connectivity index is 1.52. The van der Waals surface area contributed by atoms with E-state index in [0.717, 1.165) is 44.9 Å². The molecule has 5 aliphatic rings. The topological polar surface area (TPSA) is 72.5 Å². The van der Waals surface area contributed by atoms with Gasteiger partial charge in [-0.1, -0.05) is 60.6 Å². The van der Waals surface area contributed by atoms with Crippen LogP contribution in [0.25, 0.3) is 0 Å². The number of ketones is 1. The third-order valence-electron chi connectivity index (χ3n) is 14.7. The number of amides is 1. The molecule has 5 nitrogen and oxygen atoms in total. The first-order chi connectivity index (χ1) is 19.0. The van der Waals surface area contributed by atoms with Crippen molar-refractivity contribution < 1.29 is 19.1 Å². The van der Waals surface area contributed by atoms with Crippen molar-refractivity contribution in [3.05, 3.63) is 12.2 Å². The summed E-state index contributed by atoms with van der Waals surface area (Å²) < 4.78 is 5.09. The van der Waals surface area contributed by atoms with Crippen LogP contribution in [-0.2, 0) is 19.1 Å². The summed E-state index contributed by atoms with van der Waals surface area (Å²) in [7, 11) is 1.40. The number of hydrogen-bond acceptors (Lipinski definition) is 4. The Kier molecular flexibility index (Phi) is 7.47. The van der Waals surface area contributed by atoms with Gasteiger partial charge in [0.05, 0.1) is 12.5 Å². The molecule has 5 fully saturated rings. The first kappa shape index (κ1) is 30.8. The zero-order valence-electron chi connectivity index (χ0n) is 27.5. The van der Waals surface area contributed by atoms with Gasteiger partial charge < -0.3 is 10.1 Å². The molecule has 0 saturated heterocycles. The van der Waals surface area contributed by atoms with Gasteiger partial charge in [-0.2, -0.15) is 0 Å². The van der Waals surface area contributed by atoms with Gasteiger partial charge in [-0.05, 0) is 116 Å². The van der Waals surface area contributed by atoms with Crippen molar-refractivity contribution in [2.75, 3.05) is 7.11 Å². The fourth-order valence-electron chi connectivity index (χ4n) is 12.2. The van der Waals surface area contributed by atoms with Gasteiger partial charge in [0.1, 0.15) is 11.8 Å². The van der Waals surface area contributed by atoms with Crippen LogP contribution in [0.2, 0.25) is 0 Å². The van der Waals surface area contributed by atoms with Crippen LogP contribution in [0.5, 0.6) is 0 Å². The Morgan fingerprint density at radius 1 is 0.902 bits per heavy atom. The highest BCUT2D eigenvalue weighted by atomic mass is 16.5. The molecule has 0 aromatic carbocycles. The van der Waals surface area contributed by atoms with Crippen molar-refractivity contribution >= 4 is 17.7 Å². The summed E-state index contributed by atoms with van der Waals surface area (Å²) in [6.07, 6.45) is 10.1. The van der Waals surface area contributed by atoms with Crippen LogP contribution < -0.4 is 5.32 Å². The van der Waals surface area contributed by atoms with Crippen LogP contribution >= 0.6 is 0 Å². The van der Waals surface area contributed by atoms with E-state index in [2.05, 4.69) is 53.4 Å². The Labute approximate surface area is 249 Å². The lowest BCUT2D eigenvalue weighted by atomic mass is 9.32. The predicted octanol–water partition coefficient (Wildman–Crippen LogP) is 7.53. The molecule has 1 amide bonds. The van der Waals surface area contributed by atoms with Crippen LogP contribution in [0.3, 0.4) is 0 Å².